The van der Waals surface area contributed by atoms with Gasteiger partial charge in [0, 0.05) is 19.5 Å². The molecule has 0 radical (unpaired) electrons. The summed E-state index contributed by atoms with van der Waals surface area (Å²) in [4.78, 5) is 13.0. The first-order chi connectivity index (χ1) is 13.2. The van der Waals surface area contributed by atoms with Gasteiger partial charge in [0.15, 0.2) is 0 Å². The van der Waals surface area contributed by atoms with Crippen molar-refractivity contribution in [2.75, 3.05) is 19.6 Å². The van der Waals surface area contributed by atoms with Gasteiger partial charge in [-0.3, -0.25) is 4.79 Å². The lowest BCUT2D eigenvalue weighted by atomic mass is 10.00. The summed E-state index contributed by atoms with van der Waals surface area (Å²) in [5.74, 6) is -0.699. The molecule has 0 aromatic heterocycles. The zero-order chi connectivity index (χ0) is 18.9. The summed E-state index contributed by atoms with van der Waals surface area (Å²) in [6, 6.07) is 20.9. The van der Waals surface area contributed by atoms with Gasteiger partial charge in [-0.25, -0.2) is 0 Å². The second-order valence-electron chi connectivity index (χ2n) is 7.23. The van der Waals surface area contributed by atoms with Crippen molar-refractivity contribution in [1.29, 1.82) is 0 Å². The van der Waals surface area contributed by atoms with Crippen LogP contribution in [-0.4, -0.2) is 41.7 Å². The highest BCUT2D eigenvalue weighted by molar-refractivity contribution is 5.85. The van der Waals surface area contributed by atoms with E-state index in [1.165, 1.54) is 11.1 Å². The first kappa shape index (κ1) is 22.4. The molecule has 1 heterocycles. The van der Waals surface area contributed by atoms with Crippen molar-refractivity contribution >= 4 is 18.4 Å². The van der Waals surface area contributed by atoms with E-state index >= 15 is 0 Å². The van der Waals surface area contributed by atoms with Crippen molar-refractivity contribution < 1.29 is 14.6 Å². The van der Waals surface area contributed by atoms with Crippen molar-refractivity contribution in [3.05, 3.63) is 71.8 Å². The van der Waals surface area contributed by atoms with Crippen LogP contribution in [0.4, 0.5) is 0 Å². The third-order valence-corrected chi connectivity index (χ3v) is 5.18. The highest BCUT2D eigenvalue weighted by atomic mass is 35.5. The molecule has 0 atom stereocenters. The van der Waals surface area contributed by atoms with Crippen LogP contribution < -0.4 is 0 Å². The minimum atomic E-state index is -0.699. The zero-order valence-corrected chi connectivity index (χ0v) is 17.0. The van der Waals surface area contributed by atoms with Crippen LogP contribution in [0.1, 0.15) is 49.3 Å². The minimum Gasteiger partial charge on any atom is -0.481 e. The number of piperidine rings is 1. The molecule has 0 amide bonds. The first-order valence-electron chi connectivity index (χ1n) is 9.92. The first-order valence-corrected chi connectivity index (χ1v) is 9.92. The van der Waals surface area contributed by atoms with Crippen LogP contribution in [0.3, 0.4) is 0 Å². The molecule has 2 aromatic rings. The summed E-state index contributed by atoms with van der Waals surface area (Å²) < 4.78 is 6.56. The lowest BCUT2D eigenvalue weighted by Crippen LogP contribution is -2.38. The number of ether oxygens (including phenoxy) is 1. The number of halogens is 1. The predicted octanol–water partition coefficient (Wildman–Crippen LogP) is 4.93. The van der Waals surface area contributed by atoms with Crippen molar-refractivity contribution in [2.24, 2.45) is 0 Å². The Balaban J connectivity index is 0.00000280. The molecule has 0 bridgehead atoms. The molecule has 1 fully saturated rings. The topological polar surface area (TPSA) is 49.8 Å². The molecule has 1 N–H and O–H groups in total. The van der Waals surface area contributed by atoms with Gasteiger partial charge < -0.3 is 14.7 Å². The van der Waals surface area contributed by atoms with Crippen LogP contribution in [0.2, 0.25) is 0 Å². The van der Waals surface area contributed by atoms with Crippen molar-refractivity contribution in [3.8, 4) is 0 Å². The van der Waals surface area contributed by atoms with Gasteiger partial charge in [0.05, 0.1) is 6.10 Å². The highest BCUT2D eigenvalue weighted by Gasteiger charge is 2.24. The Morgan fingerprint density at radius 2 is 1.50 bits per heavy atom. The number of nitrogens with zero attached hydrogens (tertiary/aromatic N) is 1. The largest absolute Gasteiger partial charge is 0.481 e. The normalized spacial score (nSPS) is 15.3. The number of carboxylic acid groups (broad SMARTS) is 1. The number of aliphatic carboxylic acids is 1. The number of likely N-dealkylation sites (tertiary alicyclic amines) is 1. The molecule has 0 aliphatic carbocycles. The Morgan fingerprint density at radius 1 is 0.964 bits per heavy atom. The van der Waals surface area contributed by atoms with Crippen LogP contribution >= 0.6 is 12.4 Å². The quantitative estimate of drug-likeness (QED) is 0.603. The van der Waals surface area contributed by atoms with E-state index in [-0.39, 0.29) is 31.0 Å². The maximum atomic E-state index is 10.6. The summed E-state index contributed by atoms with van der Waals surface area (Å²) in [6.45, 7) is 3.03. The fourth-order valence-corrected chi connectivity index (χ4v) is 3.68. The molecular formula is C23H30ClNO3. The Hall–Kier alpha value is -1.88. The molecule has 152 valence electrons. The van der Waals surface area contributed by atoms with E-state index in [2.05, 4.69) is 53.4 Å². The van der Waals surface area contributed by atoms with Gasteiger partial charge in [-0.15, -0.1) is 12.4 Å². The third-order valence-electron chi connectivity index (χ3n) is 5.18. The van der Waals surface area contributed by atoms with Gasteiger partial charge in [-0.05, 0) is 43.4 Å². The second-order valence-corrected chi connectivity index (χ2v) is 7.23. The molecule has 1 aliphatic heterocycles. The molecule has 3 rings (SSSR count). The van der Waals surface area contributed by atoms with Gasteiger partial charge in [-0.2, -0.15) is 0 Å². The molecule has 1 aliphatic rings. The summed E-state index contributed by atoms with van der Waals surface area (Å²) in [7, 11) is 0. The van der Waals surface area contributed by atoms with Gasteiger partial charge in [0.2, 0.25) is 0 Å². The van der Waals surface area contributed by atoms with E-state index in [1.807, 2.05) is 12.1 Å². The molecular weight excluding hydrogens is 374 g/mol. The van der Waals surface area contributed by atoms with Gasteiger partial charge >= 0.3 is 5.97 Å². The minimum absolute atomic E-state index is 0. The van der Waals surface area contributed by atoms with E-state index in [0.717, 1.165) is 45.3 Å². The monoisotopic (exact) mass is 403 g/mol. The number of carboxylic acids is 1. The average Bonchev–Trinajstić information content (AvgIpc) is 2.71. The zero-order valence-electron chi connectivity index (χ0n) is 16.2. The lowest BCUT2D eigenvalue weighted by Gasteiger charge is -2.34. The molecule has 28 heavy (non-hydrogen) atoms. The van der Waals surface area contributed by atoms with Crippen molar-refractivity contribution in [2.45, 2.75) is 44.3 Å². The third kappa shape index (κ3) is 6.93. The average molecular weight is 404 g/mol. The van der Waals surface area contributed by atoms with E-state index in [9.17, 15) is 4.79 Å². The summed E-state index contributed by atoms with van der Waals surface area (Å²) in [5.41, 5.74) is 2.39. The van der Waals surface area contributed by atoms with Crippen molar-refractivity contribution in [3.63, 3.8) is 0 Å². The number of carbonyl (C=O) groups is 1. The molecule has 5 heteroatoms. The van der Waals surface area contributed by atoms with E-state index in [4.69, 9.17) is 9.84 Å². The maximum absolute atomic E-state index is 10.6. The molecule has 0 spiro atoms. The molecule has 0 saturated carbocycles. The van der Waals surface area contributed by atoms with Gasteiger partial charge in [0.25, 0.3) is 0 Å². The SMILES string of the molecule is Cl.O=C(O)CCCCN1CCC(OC(c2ccccc2)c2ccccc2)CC1. The van der Waals surface area contributed by atoms with Crippen LogP contribution in [0.25, 0.3) is 0 Å². The Morgan fingerprint density at radius 3 is 2.00 bits per heavy atom. The molecule has 2 aromatic carbocycles. The molecule has 1 saturated heterocycles. The summed E-state index contributed by atoms with van der Waals surface area (Å²) in [6.07, 6.45) is 4.26. The van der Waals surface area contributed by atoms with Crippen LogP contribution in [0.15, 0.2) is 60.7 Å². The smallest absolute Gasteiger partial charge is 0.303 e. The fraction of sp³-hybridized carbons (Fsp3) is 0.435. The molecule has 4 nitrogen and oxygen atoms in total. The van der Waals surface area contributed by atoms with Crippen molar-refractivity contribution in [1.82, 2.24) is 4.90 Å². The number of hydrogen-bond donors (Lipinski definition) is 1. The maximum Gasteiger partial charge on any atom is 0.303 e. The lowest BCUT2D eigenvalue weighted by molar-refractivity contribution is -0.137. The standard InChI is InChI=1S/C23H29NO3.ClH/c25-22(26)13-7-8-16-24-17-14-21(15-18-24)27-23(19-9-3-1-4-10-19)20-11-5-2-6-12-20;/h1-6,9-12,21,23H,7-8,13-18H2,(H,25,26);1H. The summed E-state index contributed by atoms with van der Waals surface area (Å²) in [5, 5.41) is 8.73. The Kier molecular flexibility index (Phi) is 9.48. The van der Waals surface area contributed by atoms with E-state index in [0.29, 0.717) is 0 Å². The van der Waals surface area contributed by atoms with Crippen LogP contribution in [0.5, 0.6) is 0 Å². The number of unbranched alkanes of at least 4 members (excludes halogenated alkanes) is 1. The van der Waals surface area contributed by atoms with Gasteiger partial charge in [-0.1, -0.05) is 60.7 Å². The predicted molar refractivity (Wildman–Crippen MR) is 114 cm³/mol. The summed E-state index contributed by atoms with van der Waals surface area (Å²) >= 11 is 0. The Labute approximate surface area is 173 Å². The van der Waals surface area contributed by atoms with Gasteiger partial charge in [0.1, 0.15) is 6.10 Å². The number of benzene rings is 2. The van der Waals surface area contributed by atoms with Crippen LogP contribution in [-0.2, 0) is 9.53 Å². The van der Waals surface area contributed by atoms with E-state index < -0.39 is 5.97 Å². The highest BCUT2D eigenvalue weighted by Crippen LogP contribution is 2.30. The molecule has 0 unspecified atom stereocenters. The fourth-order valence-electron chi connectivity index (χ4n) is 3.68. The van der Waals surface area contributed by atoms with E-state index in [1.54, 1.807) is 0 Å². The second kappa shape index (κ2) is 11.8. The van der Waals surface area contributed by atoms with Crippen LogP contribution in [0, 0.1) is 0 Å². The number of rotatable bonds is 9. The number of hydrogen-bond acceptors (Lipinski definition) is 3. The Bertz CT molecular complexity index is 648.